The Kier molecular flexibility index (Phi) is 3.68. The van der Waals surface area contributed by atoms with Crippen molar-refractivity contribution >= 4 is 10.0 Å². The molecule has 0 saturated carbocycles. The third-order valence-electron chi connectivity index (χ3n) is 3.89. The molecule has 0 N–H and O–H groups in total. The summed E-state index contributed by atoms with van der Waals surface area (Å²) in [4.78, 5) is 0. The first kappa shape index (κ1) is 12.6. The Balaban J connectivity index is 1.56. The van der Waals surface area contributed by atoms with Crippen LogP contribution in [-0.4, -0.2) is 36.2 Å². The zero-order valence-corrected chi connectivity index (χ0v) is 11.8. The van der Waals surface area contributed by atoms with Crippen molar-refractivity contribution < 1.29 is 13.9 Å². The molecular formula is C14H22O3S. The highest BCUT2D eigenvalue weighted by Gasteiger charge is 2.33. The van der Waals surface area contributed by atoms with Crippen LogP contribution in [0.15, 0.2) is 22.8 Å². The van der Waals surface area contributed by atoms with E-state index in [0.717, 1.165) is 5.76 Å². The highest BCUT2D eigenvalue weighted by Crippen LogP contribution is 2.50. The lowest BCUT2D eigenvalue weighted by Crippen LogP contribution is -2.26. The zero-order chi connectivity index (χ0) is 12.4. The maximum absolute atomic E-state index is 5.98. The standard InChI is InChI=1S/C14H22O3S/c1-18(8-3-2-4-9-18)11-12-10-16-14(17-12)13-6-5-7-15-13/h5-7,12,14H,2-4,8-11H2,1H3. The van der Waals surface area contributed by atoms with Gasteiger partial charge in [0, 0.05) is 5.75 Å². The van der Waals surface area contributed by atoms with Crippen molar-refractivity contribution in [2.75, 3.05) is 30.1 Å². The summed E-state index contributed by atoms with van der Waals surface area (Å²) in [7, 11) is -0.451. The first-order valence-corrected chi connectivity index (χ1v) is 9.32. The van der Waals surface area contributed by atoms with Gasteiger partial charge in [-0.25, -0.2) is 10.0 Å². The van der Waals surface area contributed by atoms with E-state index in [9.17, 15) is 0 Å². The summed E-state index contributed by atoms with van der Waals surface area (Å²) in [6.45, 7) is 0.716. The lowest BCUT2D eigenvalue weighted by molar-refractivity contribution is -0.0705. The summed E-state index contributed by atoms with van der Waals surface area (Å²) in [6.07, 6.45) is 8.36. The molecule has 2 unspecified atom stereocenters. The molecule has 3 nitrogen and oxygen atoms in total. The van der Waals surface area contributed by atoms with Gasteiger partial charge in [0.15, 0.2) is 5.76 Å². The van der Waals surface area contributed by atoms with Crippen LogP contribution in [0, 0.1) is 0 Å². The minimum Gasteiger partial charge on any atom is -0.464 e. The maximum Gasteiger partial charge on any atom is 0.217 e. The smallest absolute Gasteiger partial charge is 0.217 e. The fourth-order valence-corrected chi connectivity index (χ4v) is 6.32. The van der Waals surface area contributed by atoms with Crippen molar-refractivity contribution in [3.05, 3.63) is 24.2 Å². The van der Waals surface area contributed by atoms with E-state index in [1.54, 1.807) is 6.26 Å². The molecule has 102 valence electrons. The average Bonchev–Trinajstić information content (AvgIpc) is 2.99. The van der Waals surface area contributed by atoms with Gasteiger partial charge < -0.3 is 13.9 Å². The molecule has 3 rings (SSSR count). The second kappa shape index (κ2) is 5.27. The predicted molar refractivity (Wildman–Crippen MR) is 74.2 cm³/mol. The monoisotopic (exact) mass is 270 g/mol. The van der Waals surface area contributed by atoms with E-state index >= 15 is 0 Å². The molecule has 1 aromatic rings. The normalized spacial score (nSPS) is 33.4. The molecule has 0 bridgehead atoms. The van der Waals surface area contributed by atoms with E-state index < -0.39 is 10.0 Å². The van der Waals surface area contributed by atoms with Crippen molar-refractivity contribution in [3.63, 3.8) is 0 Å². The molecule has 0 aromatic carbocycles. The predicted octanol–water partition coefficient (Wildman–Crippen LogP) is 3.31. The second-order valence-electron chi connectivity index (χ2n) is 5.55. The number of furan rings is 1. The van der Waals surface area contributed by atoms with Gasteiger partial charge >= 0.3 is 0 Å². The van der Waals surface area contributed by atoms with Crippen LogP contribution in [0.1, 0.15) is 31.3 Å². The average molecular weight is 270 g/mol. The summed E-state index contributed by atoms with van der Waals surface area (Å²) < 4.78 is 17.0. The molecule has 0 aliphatic carbocycles. The third-order valence-corrected chi connectivity index (χ3v) is 7.61. The molecule has 0 amide bonds. The molecule has 18 heavy (non-hydrogen) atoms. The van der Waals surface area contributed by atoms with Gasteiger partial charge in [-0.1, -0.05) is 6.42 Å². The number of ether oxygens (including phenoxy) is 2. The molecule has 1 aromatic heterocycles. The topological polar surface area (TPSA) is 31.6 Å². The first-order valence-electron chi connectivity index (χ1n) is 6.77. The van der Waals surface area contributed by atoms with Gasteiger partial charge in [0.2, 0.25) is 6.29 Å². The molecule has 2 aliphatic heterocycles. The van der Waals surface area contributed by atoms with Gasteiger partial charge in [-0.3, -0.25) is 0 Å². The Morgan fingerprint density at radius 3 is 2.83 bits per heavy atom. The fourth-order valence-electron chi connectivity index (χ4n) is 2.91. The molecule has 2 atom stereocenters. The number of rotatable bonds is 3. The van der Waals surface area contributed by atoms with Crippen molar-refractivity contribution in [1.29, 1.82) is 0 Å². The van der Waals surface area contributed by atoms with Crippen LogP contribution >= 0.6 is 10.0 Å². The largest absolute Gasteiger partial charge is 0.464 e. The van der Waals surface area contributed by atoms with Crippen LogP contribution in [0.4, 0.5) is 0 Å². The van der Waals surface area contributed by atoms with E-state index in [2.05, 4.69) is 6.26 Å². The van der Waals surface area contributed by atoms with Gasteiger partial charge in [0.05, 0.1) is 19.0 Å². The third kappa shape index (κ3) is 2.76. The maximum atomic E-state index is 5.98. The van der Waals surface area contributed by atoms with Crippen molar-refractivity contribution in [2.24, 2.45) is 0 Å². The zero-order valence-electron chi connectivity index (χ0n) is 11.0. The quantitative estimate of drug-likeness (QED) is 0.844. The summed E-state index contributed by atoms with van der Waals surface area (Å²) in [5.74, 6) is 4.82. The van der Waals surface area contributed by atoms with Crippen molar-refractivity contribution in [1.82, 2.24) is 0 Å². The fraction of sp³-hybridized carbons (Fsp3) is 0.714. The highest BCUT2D eigenvalue weighted by molar-refractivity contribution is 8.33. The Hall–Kier alpha value is -0.450. The van der Waals surface area contributed by atoms with Crippen LogP contribution in [0.3, 0.4) is 0 Å². The SMILES string of the molecule is CS1(CC2COC(c3ccco3)O2)CCCCC1. The number of hydrogen-bond acceptors (Lipinski definition) is 3. The van der Waals surface area contributed by atoms with Gasteiger partial charge in [-0.05, 0) is 42.7 Å². The van der Waals surface area contributed by atoms with E-state index in [4.69, 9.17) is 13.9 Å². The summed E-state index contributed by atoms with van der Waals surface area (Å²) in [6, 6.07) is 3.80. The van der Waals surface area contributed by atoms with Crippen LogP contribution in [0.25, 0.3) is 0 Å². The molecule has 4 heteroatoms. The van der Waals surface area contributed by atoms with E-state index in [1.165, 1.54) is 36.5 Å². The second-order valence-corrected chi connectivity index (χ2v) is 9.66. The first-order chi connectivity index (χ1) is 8.75. The Morgan fingerprint density at radius 1 is 1.28 bits per heavy atom. The van der Waals surface area contributed by atoms with Gasteiger partial charge in [0.25, 0.3) is 0 Å². The summed E-state index contributed by atoms with van der Waals surface area (Å²) in [5, 5.41) is 0. The van der Waals surface area contributed by atoms with Crippen LogP contribution in [-0.2, 0) is 9.47 Å². The van der Waals surface area contributed by atoms with E-state index in [1.807, 2.05) is 12.1 Å². The Labute approximate surface area is 110 Å². The molecule has 3 heterocycles. The minimum absolute atomic E-state index is 0.262. The Morgan fingerprint density at radius 2 is 2.11 bits per heavy atom. The lowest BCUT2D eigenvalue weighted by Gasteiger charge is -2.40. The van der Waals surface area contributed by atoms with Crippen molar-refractivity contribution in [2.45, 2.75) is 31.7 Å². The molecule has 2 saturated heterocycles. The van der Waals surface area contributed by atoms with Gasteiger partial charge in [-0.15, -0.1) is 0 Å². The highest BCUT2D eigenvalue weighted by atomic mass is 32.3. The molecule has 2 fully saturated rings. The lowest BCUT2D eigenvalue weighted by atomic mass is 10.3. The van der Waals surface area contributed by atoms with Crippen molar-refractivity contribution in [3.8, 4) is 0 Å². The van der Waals surface area contributed by atoms with Crippen LogP contribution in [0.2, 0.25) is 0 Å². The molecule has 0 spiro atoms. The summed E-state index contributed by atoms with van der Waals surface area (Å²) in [5.41, 5.74) is 0. The minimum atomic E-state index is -0.451. The number of hydrogen-bond donors (Lipinski definition) is 0. The van der Waals surface area contributed by atoms with Crippen LogP contribution in [0.5, 0.6) is 0 Å². The molecule has 0 radical (unpaired) electrons. The van der Waals surface area contributed by atoms with Crippen LogP contribution < -0.4 is 0 Å². The molecule has 2 aliphatic rings. The Bertz CT molecular complexity index is 370. The summed E-state index contributed by atoms with van der Waals surface area (Å²) >= 11 is 0. The van der Waals surface area contributed by atoms with E-state index in [-0.39, 0.29) is 12.4 Å². The molecular weight excluding hydrogens is 248 g/mol. The van der Waals surface area contributed by atoms with E-state index in [0.29, 0.717) is 6.61 Å². The van der Waals surface area contributed by atoms with Gasteiger partial charge in [-0.2, -0.15) is 0 Å². The van der Waals surface area contributed by atoms with Gasteiger partial charge in [0.1, 0.15) is 0 Å².